The molecule has 0 spiro atoms. The molecule has 4 aromatic carbocycles. The van der Waals surface area contributed by atoms with E-state index in [1.165, 1.54) is 61.8 Å². The van der Waals surface area contributed by atoms with E-state index in [1.807, 2.05) is 0 Å². The number of hydrogen-bond donors (Lipinski definition) is 14. The Labute approximate surface area is 479 Å². The van der Waals surface area contributed by atoms with Gasteiger partial charge in [0.15, 0.2) is 0 Å². The van der Waals surface area contributed by atoms with Crippen molar-refractivity contribution in [3.63, 3.8) is 0 Å². The largest absolute Gasteiger partial charge is 0.392 e. The Balaban J connectivity index is 1.40. The molecule has 456 valence electrons. The van der Waals surface area contributed by atoms with Crippen molar-refractivity contribution >= 4 is 131 Å². The van der Waals surface area contributed by atoms with Crippen molar-refractivity contribution < 1.29 is 98.2 Å². The molecule has 4 atom stereocenters. The van der Waals surface area contributed by atoms with Crippen LogP contribution in [0.25, 0.3) is 12.2 Å². The normalized spacial score (nSPS) is 14.1. The quantitative estimate of drug-likeness (QED) is 0.0272. The molecular weight excluding hydrogens is 1240 g/mol. The van der Waals surface area contributed by atoms with Crippen molar-refractivity contribution in [2.24, 2.45) is 0 Å². The van der Waals surface area contributed by atoms with Gasteiger partial charge in [0.1, 0.15) is 19.6 Å². The Hall–Kier alpha value is -7.26. The highest BCUT2D eigenvalue weighted by atomic mass is 32.2. The zero-order valence-corrected chi connectivity index (χ0v) is 48.5. The molecule has 0 radical (unpaired) electrons. The van der Waals surface area contributed by atoms with Crippen LogP contribution in [0.5, 0.6) is 0 Å². The summed E-state index contributed by atoms with van der Waals surface area (Å²) >= 11 is 0. The molecule has 14 N–H and O–H groups in total. The van der Waals surface area contributed by atoms with Crippen LogP contribution >= 0.6 is 0 Å². The fraction of sp³-hybridized carbons (Fsp3) is 0.273. The maximum Gasteiger partial charge on any atom is 0.296 e. The number of aromatic nitrogens is 6. The Morgan fingerprint density at radius 2 is 0.643 bits per heavy atom. The highest BCUT2D eigenvalue weighted by Crippen LogP contribution is 2.33. The minimum absolute atomic E-state index is 0.00468. The standard InChI is InChI=1S/C44H52N12O22S6/c1-23(57)19-55(20-24(2)58)43-51-39(49-41(53-43)47-33-17-29(79(61,62)63)9-13-35(33)81(67,68)69)45-31-11-7-27(15-37(31)83(73,74)75)5-6-28-8-12-32(38(16-28)84(76,77)78)46-40-50-42(54-44(52-40)56(21-25(3)59)22-26(4)60)48-34-18-30(80(64,65)66)10-14-36(34)82(70,71)72/h5-18,23-26,57-60H,19-22H2,1-4H3,(H,61,62,63)(H,64,65,66)(H,67,68,69)(H,70,71,72)(H,73,74,75)(H,76,77,78)(H2,45,47,49,51,53)(H2,46,48,50,52,54). The summed E-state index contributed by atoms with van der Waals surface area (Å²) in [4.78, 5) is 22.2. The fourth-order valence-corrected chi connectivity index (χ4v) is 11.2. The third kappa shape index (κ3) is 18.1. The van der Waals surface area contributed by atoms with Crippen LogP contribution in [0.1, 0.15) is 38.8 Å². The van der Waals surface area contributed by atoms with Gasteiger partial charge in [0.2, 0.25) is 35.7 Å². The molecule has 0 aliphatic heterocycles. The van der Waals surface area contributed by atoms with Crippen LogP contribution in [-0.2, 0) is 60.7 Å². The number of nitrogens with one attached hydrogen (secondary N) is 4. The molecule has 0 saturated carbocycles. The van der Waals surface area contributed by atoms with Crippen LogP contribution in [-0.4, -0.2) is 179 Å². The van der Waals surface area contributed by atoms with Gasteiger partial charge in [-0.3, -0.25) is 27.3 Å². The number of aliphatic hydroxyl groups is 4. The summed E-state index contributed by atoms with van der Waals surface area (Å²) in [6, 6.07) is 10.3. The predicted octanol–water partition coefficient (Wildman–Crippen LogP) is 1.82. The van der Waals surface area contributed by atoms with E-state index in [4.69, 9.17) is 0 Å². The second-order valence-electron chi connectivity index (χ2n) is 18.3. The van der Waals surface area contributed by atoms with Crippen LogP contribution in [0.3, 0.4) is 0 Å². The molecule has 2 aromatic heterocycles. The van der Waals surface area contributed by atoms with Gasteiger partial charge in [0.05, 0.1) is 57.0 Å². The maximum atomic E-state index is 13.0. The molecule has 84 heavy (non-hydrogen) atoms. The van der Waals surface area contributed by atoms with E-state index in [1.54, 1.807) is 0 Å². The van der Waals surface area contributed by atoms with Gasteiger partial charge >= 0.3 is 0 Å². The van der Waals surface area contributed by atoms with E-state index < -0.39 is 161 Å². The average Bonchev–Trinajstić information content (AvgIpc) is 3.45. The van der Waals surface area contributed by atoms with Crippen molar-refractivity contribution in [1.29, 1.82) is 0 Å². The Kier molecular flexibility index (Phi) is 20.0. The lowest BCUT2D eigenvalue weighted by molar-refractivity contribution is 0.176. The first-order chi connectivity index (χ1) is 38.6. The van der Waals surface area contributed by atoms with Crippen molar-refractivity contribution in [2.45, 2.75) is 81.5 Å². The van der Waals surface area contributed by atoms with E-state index in [9.17, 15) is 98.2 Å². The van der Waals surface area contributed by atoms with Gasteiger partial charge < -0.3 is 51.5 Å². The second-order valence-corrected chi connectivity index (χ2v) is 26.7. The first kappa shape index (κ1) is 65.9. The molecule has 0 aliphatic rings. The van der Waals surface area contributed by atoms with Crippen LogP contribution in [0.15, 0.2) is 102 Å². The minimum atomic E-state index is -5.21. The second kappa shape index (κ2) is 25.5. The molecule has 0 aliphatic carbocycles. The number of hydrogen-bond acceptors (Lipinski definition) is 28. The van der Waals surface area contributed by atoms with Crippen molar-refractivity contribution in [1.82, 2.24) is 29.9 Å². The number of nitrogens with zero attached hydrogens (tertiary/aromatic N) is 8. The van der Waals surface area contributed by atoms with E-state index in [-0.39, 0.29) is 49.2 Å². The predicted molar refractivity (Wildman–Crippen MR) is 298 cm³/mol. The van der Waals surface area contributed by atoms with E-state index in [2.05, 4.69) is 51.2 Å². The zero-order chi connectivity index (χ0) is 62.7. The molecule has 4 unspecified atom stereocenters. The SMILES string of the molecule is CC(O)CN(CC(C)O)c1nc(Nc2cc(S(=O)(=O)O)ccc2S(=O)(=O)O)nc(Nc2ccc(C=Cc3ccc(Nc4nc(Nc5cc(S(=O)(=O)O)ccc5S(=O)(=O)O)nc(N(CC(C)O)CC(C)O)n4)c(S(=O)(=O)O)c3)cc2S(=O)(=O)O)n1. The van der Waals surface area contributed by atoms with Crippen molar-refractivity contribution in [3.8, 4) is 0 Å². The monoisotopic (exact) mass is 1290 g/mol. The molecular formula is C44H52N12O22S6. The molecule has 0 fully saturated rings. The molecule has 0 saturated heterocycles. The van der Waals surface area contributed by atoms with Gasteiger partial charge in [-0.25, -0.2) is 0 Å². The smallest absolute Gasteiger partial charge is 0.296 e. The summed E-state index contributed by atoms with van der Waals surface area (Å²) in [5.74, 6) is -3.24. The molecule has 6 aromatic rings. The summed E-state index contributed by atoms with van der Waals surface area (Å²) < 4.78 is 209. The third-order valence-electron chi connectivity index (χ3n) is 10.8. The van der Waals surface area contributed by atoms with Crippen LogP contribution in [0.4, 0.5) is 58.4 Å². The zero-order valence-electron chi connectivity index (χ0n) is 43.6. The summed E-state index contributed by atoms with van der Waals surface area (Å²) in [5, 5.41) is 51.0. The van der Waals surface area contributed by atoms with E-state index in [0.717, 1.165) is 24.3 Å². The lowest BCUT2D eigenvalue weighted by Gasteiger charge is -2.26. The Morgan fingerprint density at radius 3 is 0.893 bits per heavy atom. The Bertz CT molecular complexity index is 3930. The first-order valence-electron chi connectivity index (χ1n) is 23.6. The highest BCUT2D eigenvalue weighted by Gasteiger charge is 2.27. The summed E-state index contributed by atoms with van der Waals surface area (Å²) in [7, 11) is -30.7. The van der Waals surface area contributed by atoms with E-state index in [0.29, 0.717) is 36.4 Å². The molecule has 34 nitrogen and oxygen atoms in total. The average molecular weight is 1290 g/mol. The van der Waals surface area contributed by atoms with Gasteiger partial charge in [-0.1, -0.05) is 24.3 Å². The van der Waals surface area contributed by atoms with Gasteiger partial charge in [-0.15, -0.1) is 0 Å². The topological polar surface area (TPSA) is 539 Å². The first-order valence-corrected chi connectivity index (χ1v) is 32.2. The maximum absolute atomic E-state index is 13.0. The molecule has 40 heteroatoms. The van der Waals surface area contributed by atoms with Gasteiger partial charge in [0.25, 0.3) is 60.7 Å². The molecule has 6 rings (SSSR count). The number of benzene rings is 4. The summed E-state index contributed by atoms with van der Waals surface area (Å²) in [6.07, 6.45) is -2.02. The molecule has 0 bridgehead atoms. The third-order valence-corrected chi connectivity index (χ3v) is 16.1. The summed E-state index contributed by atoms with van der Waals surface area (Å²) in [6.45, 7) is 4.37. The van der Waals surface area contributed by atoms with E-state index >= 15 is 0 Å². The summed E-state index contributed by atoms with van der Waals surface area (Å²) in [5.41, 5.74) is -2.33. The highest BCUT2D eigenvalue weighted by molar-refractivity contribution is 7.87. The molecule has 0 amide bonds. The lowest BCUT2D eigenvalue weighted by Crippen LogP contribution is -2.37. The number of anilines is 10. The van der Waals surface area contributed by atoms with Crippen molar-refractivity contribution in [3.05, 3.63) is 83.9 Å². The lowest BCUT2D eigenvalue weighted by atomic mass is 10.1. The fourth-order valence-electron chi connectivity index (χ4n) is 7.56. The number of aliphatic hydroxyl groups excluding tert-OH is 4. The molecule has 2 heterocycles. The van der Waals surface area contributed by atoms with Crippen molar-refractivity contribution in [2.75, 3.05) is 57.2 Å². The van der Waals surface area contributed by atoms with Crippen LogP contribution in [0.2, 0.25) is 0 Å². The Morgan fingerprint density at radius 1 is 0.369 bits per heavy atom. The van der Waals surface area contributed by atoms with Gasteiger partial charge in [-0.05, 0) is 99.5 Å². The van der Waals surface area contributed by atoms with Gasteiger partial charge in [0, 0.05) is 26.2 Å². The van der Waals surface area contributed by atoms with Gasteiger partial charge in [-0.2, -0.15) is 80.4 Å². The minimum Gasteiger partial charge on any atom is -0.392 e. The van der Waals surface area contributed by atoms with Crippen LogP contribution in [0, 0.1) is 0 Å². The number of rotatable bonds is 26. The van der Waals surface area contributed by atoms with Crippen LogP contribution < -0.4 is 31.1 Å².